The van der Waals surface area contributed by atoms with E-state index in [9.17, 15) is 14.4 Å². The second-order valence-corrected chi connectivity index (χ2v) is 5.81. The average Bonchev–Trinajstić information content (AvgIpc) is 2.70. The summed E-state index contributed by atoms with van der Waals surface area (Å²) in [6.45, 7) is 1.26. The quantitative estimate of drug-likeness (QED) is 0.703. The number of urea groups is 1. The molecule has 0 radical (unpaired) electrons. The van der Waals surface area contributed by atoms with Gasteiger partial charge < -0.3 is 19.2 Å². The van der Waals surface area contributed by atoms with Crippen molar-refractivity contribution >= 4 is 22.9 Å². The lowest BCUT2D eigenvalue weighted by molar-refractivity contribution is -0.122. The van der Waals surface area contributed by atoms with Crippen LogP contribution in [0.1, 0.15) is 5.76 Å². The number of amides is 3. The maximum absolute atomic E-state index is 12.8. The lowest BCUT2D eigenvalue weighted by atomic mass is 10.2. The first kappa shape index (κ1) is 19.0. The van der Waals surface area contributed by atoms with Gasteiger partial charge in [0.05, 0.1) is 5.39 Å². The molecule has 2 aromatic carbocycles. The number of carbonyl (C=O) groups excluding carboxylic acids is 2. The highest BCUT2D eigenvalue weighted by molar-refractivity contribution is 5.94. The zero-order valence-corrected chi connectivity index (χ0v) is 15.3. The summed E-state index contributed by atoms with van der Waals surface area (Å²) in [4.78, 5) is 35.4. The van der Waals surface area contributed by atoms with Crippen LogP contribution >= 0.6 is 0 Å². The first-order chi connectivity index (χ1) is 13.5. The van der Waals surface area contributed by atoms with Crippen LogP contribution in [-0.4, -0.2) is 25.6 Å². The molecule has 0 aliphatic heterocycles. The van der Waals surface area contributed by atoms with Gasteiger partial charge >= 0.3 is 6.03 Å². The number of rotatable bonds is 5. The van der Waals surface area contributed by atoms with E-state index in [1.54, 1.807) is 31.2 Å². The summed E-state index contributed by atoms with van der Waals surface area (Å²) in [5, 5.41) is 4.67. The number of hydrogen-bond donors (Lipinski definition) is 2. The summed E-state index contributed by atoms with van der Waals surface area (Å²) in [6, 6.07) is 12.9. The Hall–Kier alpha value is -3.81. The molecule has 3 aromatic rings. The molecule has 3 amide bonds. The Morgan fingerprint density at radius 1 is 1.07 bits per heavy atom. The van der Waals surface area contributed by atoms with Crippen molar-refractivity contribution in [2.24, 2.45) is 0 Å². The van der Waals surface area contributed by atoms with Crippen molar-refractivity contribution in [2.75, 3.05) is 13.7 Å². The highest BCUT2D eigenvalue weighted by atomic mass is 16.5. The third-order valence-corrected chi connectivity index (χ3v) is 3.80. The van der Waals surface area contributed by atoms with Gasteiger partial charge in [0.15, 0.2) is 6.61 Å². The van der Waals surface area contributed by atoms with Gasteiger partial charge in [-0.2, -0.15) is 0 Å². The monoisotopic (exact) mass is 382 g/mol. The molecule has 0 saturated carbocycles. The topological polar surface area (TPSA) is 107 Å². The normalized spacial score (nSPS) is 10.4. The minimum absolute atomic E-state index is 0.109. The van der Waals surface area contributed by atoms with Crippen LogP contribution in [0, 0.1) is 6.92 Å². The van der Waals surface area contributed by atoms with Crippen LogP contribution in [0.25, 0.3) is 11.0 Å². The van der Waals surface area contributed by atoms with Gasteiger partial charge in [-0.15, -0.1) is 0 Å². The molecule has 8 nitrogen and oxygen atoms in total. The fourth-order valence-corrected chi connectivity index (χ4v) is 2.46. The zero-order valence-electron chi connectivity index (χ0n) is 15.3. The molecule has 0 fully saturated rings. The number of imide groups is 1. The van der Waals surface area contributed by atoms with Crippen molar-refractivity contribution in [1.82, 2.24) is 10.6 Å². The fraction of sp³-hybridized carbons (Fsp3) is 0.150. The number of benzene rings is 2. The molecule has 0 saturated heterocycles. The highest BCUT2D eigenvalue weighted by Crippen LogP contribution is 2.27. The Kier molecular flexibility index (Phi) is 5.59. The molecule has 0 spiro atoms. The van der Waals surface area contributed by atoms with E-state index in [1.807, 2.05) is 6.07 Å². The number of hydrogen-bond acceptors (Lipinski definition) is 6. The van der Waals surface area contributed by atoms with E-state index in [0.29, 0.717) is 28.2 Å². The van der Waals surface area contributed by atoms with Crippen molar-refractivity contribution in [3.05, 3.63) is 64.5 Å². The summed E-state index contributed by atoms with van der Waals surface area (Å²) < 4.78 is 16.7. The summed E-state index contributed by atoms with van der Waals surface area (Å²) in [6.07, 6.45) is 0. The maximum atomic E-state index is 12.8. The number of nitrogens with one attached hydrogen (secondary N) is 2. The van der Waals surface area contributed by atoms with Crippen molar-refractivity contribution in [3.63, 3.8) is 0 Å². The molecule has 8 heteroatoms. The van der Waals surface area contributed by atoms with Crippen molar-refractivity contribution in [3.8, 4) is 17.2 Å². The number of carbonyl (C=O) groups is 2. The number of para-hydroxylation sites is 1. The molecule has 0 bridgehead atoms. The first-order valence-electron chi connectivity index (χ1n) is 8.42. The van der Waals surface area contributed by atoms with Gasteiger partial charge in [-0.3, -0.25) is 14.9 Å². The van der Waals surface area contributed by atoms with Crippen LogP contribution in [0.4, 0.5) is 4.79 Å². The van der Waals surface area contributed by atoms with E-state index in [4.69, 9.17) is 13.9 Å². The molecule has 3 rings (SSSR count). The Morgan fingerprint density at radius 3 is 2.54 bits per heavy atom. The fourth-order valence-electron chi connectivity index (χ4n) is 2.46. The Labute approximate surface area is 160 Å². The summed E-state index contributed by atoms with van der Waals surface area (Å²) in [7, 11) is 1.40. The molecule has 0 aliphatic rings. The van der Waals surface area contributed by atoms with Gasteiger partial charge in [-0.25, -0.2) is 4.79 Å². The average molecular weight is 382 g/mol. The van der Waals surface area contributed by atoms with Crippen LogP contribution in [-0.2, 0) is 4.79 Å². The minimum atomic E-state index is -0.625. The molecule has 0 aliphatic carbocycles. The lowest BCUT2D eigenvalue weighted by Gasteiger charge is -2.10. The van der Waals surface area contributed by atoms with Crippen LogP contribution in [0.15, 0.2) is 57.7 Å². The van der Waals surface area contributed by atoms with Crippen molar-refractivity contribution in [1.29, 1.82) is 0 Å². The van der Waals surface area contributed by atoms with Gasteiger partial charge in [-0.05, 0) is 31.2 Å². The maximum Gasteiger partial charge on any atom is 0.321 e. The third-order valence-electron chi connectivity index (χ3n) is 3.80. The summed E-state index contributed by atoms with van der Waals surface area (Å²) in [5.74, 6) is 0.662. The van der Waals surface area contributed by atoms with Crippen LogP contribution in [0.2, 0.25) is 0 Å². The van der Waals surface area contributed by atoms with Crippen LogP contribution in [0.3, 0.4) is 0 Å². The molecular formula is C20H18N2O6. The third kappa shape index (κ3) is 4.29. The molecular weight excluding hydrogens is 364 g/mol. The van der Waals surface area contributed by atoms with Crippen LogP contribution < -0.4 is 25.5 Å². The Morgan fingerprint density at radius 2 is 1.82 bits per heavy atom. The van der Waals surface area contributed by atoms with E-state index >= 15 is 0 Å². The highest BCUT2D eigenvalue weighted by Gasteiger charge is 2.15. The summed E-state index contributed by atoms with van der Waals surface area (Å²) in [5.41, 5.74) is -0.0152. The number of fused-ring (bicyclic) bond motifs is 1. The minimum Gasteiger partial charge on any atom is -0.484 e. The van der Waals surface area contributed by atoms with Gasteiger partial charge in [0, 0.05) is 13.1 Å². The van der Waals surface area contributed by atoms with E-state index in [0.717, 1.165) is 0 Å². The molecule has 28 heavy (non-hydrogen) atoms. The van der Waals surface area contributed by atoms with Gasteiger partial charge in [-0.1, -0.05) is 18.2 Å². The molecule has 0 atom stereocenters. The van der Waals surface area contributed by atoms with Gasteiger partial charge in [0.1, 0.15) is 22.8 Å². The molecule has 144 valence electrons. The smallest absolute Gasteiger partial charge is 0.321 e. The lowest BCUT2D eigenvalue weighted by Crippen LogP contribution is -2.39. The zero-order chi connectivity index (χ0) is 20.1. The number of aryl methyl sites for hydroxylation is 1. The van der Waals surface area contributed by atoms with E-state index in [1.165, 1.54) is 25.2 Å². The second kappa shape index (κ2) is 8.26. The van der Waals surface area contributed by atoms with E-state index in [2.05, 4.69) is 10.6 Å². The van der Waals surface area contributed by atoms with Gasteiger partial charge in [0.25, 0.3) is 5.91 Å². The Bertz CT molecular complexity index is 1080. The number of ether oxygens (including phenoxy) is 2. The molecule has 0 unspecified atom stereocenters. The molecule has 1 heterocycles. The van der Waals surface area contributed by atoms with Crippen LogP contribution in [0.5, 0.6) is 17.2 Å². The molecule has 2 N–H and O–H groups in total. The SMILES string of the molecule is CNC(=O)NC(=O)COc1ccc2c(=O)c(Oc3ccccc3)c(C)oc2c1. The largest absolute Gasteiger partial charge is 0.484 e. The van der Waals surface area contributed by atoms with E-state index in [-0.39, 0.29) is 17.8 Å². The van der Waals surface area contributed by atoms with Gasteiger partial charge in [0.2, 0.25) is 11.2 Å². The van der Waals surface area contributed by atoms with Crippen molar-refractivity contribution in [2.45, 2.75) is 6.92 Å². The summed E-state index contributed by atoms with van der Waals surface area (Å²) >= 11 is 0. The predicted octanol–water partition coefficient (Wildman–Crippen LogP) is 2.73. The second-order valence-electron chi connectivity index (χ2n) is 5.81. The van der Waals surface area contributed by atoms with Crippen molar-refractivity contribution < 1.29 is 23.5 Å². The first-order valence-corrected chi connectivity index (χ1v) is 8.42. The predicted molar refractivity (Wildman–Crippen MR) is 102 cm³/mol. The molecule has 1 aromatic heterocycles. The Balaban J connectivity index is 1.81. The standard InChI is InChI=1S/C20H18N2O6/c1-12-19(28-13-6-4-3-5-7-13)18(24)15-9-8-14(10-16(15)27-12)26-11-17(23)22-20(25)21-2/h3-10H,11H2,1-2H3,(H2,21,22,23,25). The van der Waals surface area contributed by atoms with E-state index < -0.39 is 11.9 Å².